The molecule has 1 heterocycles. The second-order valence-electron chi connectivity index (χ2n) is 4.00. The van der Waals surface area contributed by atoms with Crippen LogP contribution < -0.4 is 10.6 Å². The zero-order chi connectivity index (χ0) is 13.0. The van der Waals surface area contributed by atoms with Gasteiger partial charge in [0.05, 0.1) is 0 Å². The molecule has 0 bridgehead atoms. The van der Waals surface area contributed by atoms with E-state index in [1.807, 2.05) is 24.1 Å². The number of nitrogens with two attached hydrogens (primary N) is 1. The molecular formula is C12H15BrN4O. The van der Waals surface area contributed by atoms with Gasteiger partial charge in [-0.1, -0.05) is 33.2 Å². The second-order valence-corrected chi connectivity index (χ2v) is 4.92. The zero-order valence-corrected chi connectivity index (χ0v) is 11.7. The number of anilines is 1. The lowest BCUT2D eigenvalue weighted by Crippen LogP contribution is -2.16. The Morgan fingerprint density at radius 3 is 2.67 bits per heavy atom. The van der Waals surface area contributed by atoms with Crippen LogP contribution in [-0.4, -0.2) is 23.8 Å². The Balaban J connectivity index is 2.02. The fraction of sp³-hybridized carbons (Fsp3) is 0.333. The Labute approximate surface area is 114 Å². The molecule has 0 unspecified atom stereocenters. The predicted octanol–water partition coefficient (Wildman–Crippen LogP) is 1.97. The van der Waals surface area contributed by atoms with Gasteiger partial charge in [0.15, 0.2) is 0 Å². The first-order valence-electron chi connectivity index (χ1n) is 5.67. The van der Waals surface area contributed by atoms with Crippen LogP contribution in [0.1, 0.15) is 11.5 Å². The Morgan fingerprint density at radius 2 is 2.00 bits per heavy atom. The van der Waals surface area contributed by atoms with Crippen LogP contribution in [0.2, 0.25) is 0 Å². The second kappa shape index (κ2) is 5.97. The summed E-state index contributed by atoms with van der Waals surface area (Å²) in [6.45, 7) is 1.23. The van der Waals surface area contributed by atoms with Crippen molar-refractivity contribution in [3.05, 3.63) is 40.2 Å². The summed E-state index contributed by atoms with van der Waals surface area (Å²) in [6, 6.07) is 8.64. The molecule has 6 heteroatoms. The van der Waals surface area contributed by atoms with Gasteiger partial charge in [-0.25, -0.2) is 0 Å². The van der Waals surface area contributed by atoms with Gasteiger partial charge in [0.25, 0.3) is 0 Å². The van der Waals surface area contributed by atoms with Crippen molar-refractivity contribution in [2.24, 2.45) is 5.73 Å². The maximum absolute atomic E-state index is 5.50. The van der Waals surface area contributed by atoms with E-state index in [0.717, 1.165) is 11.0 Å². The summed E-state index contributed by atoms with van der Waals surface area (Å²) in [5.41, 5.74) is 6.62. The molecule has 0 fully saturated rings. The molecule has 5 nitrogen and oxygen atoms in total. The van der Waals surface area contributed by atoms with E-state index in [-0.39, 0.29) is 0 Å². The minimum atomic E-state index is 0.512. The Morgan fingerprint density at radius 1 is 1.28 bits per heavy atom. The summed E-state index contributed by atoms with van der Waals surface area (Å²) in [5, 5.41) is 7.93. The quantitative estimate of drug-likeness (QED) is 0.914. The highest BCUT2D eigenvalue weighted by Crippen LogP contribution is 2.16. The average Bonchev–Trinajstić information content (AvgIpc) is 2.81. The van der Waals surface area contributed by atoms with Gasteiger partial charge >= 0.3 is 6.01 Å². The van der Waals surface area contributed by atoms with Gasteiger partial charge in [-0.2, -0.15) is 0 Å². The largest absolute Gasteiger partial charge is 0.408 e. The lowest BCUT2D eigenvalue weighted by molar-refractivity contribution is 0.489. The van der Waals surface area contributed by atoms with Gasteiger partial charge in [-0.3, -0.25) is 0 Å². The monoisotopic (exact) mass is 310 g/mol. The van der Waals surface area contributed by atoms with Crippen LogP contribution in [0, 0.1) is 0 Å². The molecule has 2 rings (SSSR count). The maximum Gasteiger partial charge on any atom is 0.318 e. The van der Waals surface area contributed by atoms with E-state index < -0.39 is 0 Å². The molecule has 18 heavy (non-hydrogen) atoms. The van der Waals surface area contributed by atoms with Gasteiger partial charge in [-0.05, 0) is 17.7 Å². The zero-order valence-electron chi connectivity index (χ0n) is 10.1. The molecule has 0 saturated carbocycles. The molecule has 0 saturated heterocycles. The molecular weight excluding hydrogens is 296 g/mol. The number of halogens is 1. The van der Waals surface area contributed by atoms with Gasteiger partial charge in [0.2, 0.25) is 5.89 Å². The van der Waals surface area contributed by atoms with Crippen molar-refractivity contribution in [1.82, 2.24) is 10.2 Å². The van der Waals surface area contributed by atoms with Gasteiger partial charge in [-0.15, -0.1) is 5.10 Å². The highest BCUT2D eigenvalue weighted by Gasteiger charge is 2.10. The highest BCUT2D eigenvalue weighted by atomic mass is 79.9. The number of rotatable bonds is 5. The van der Waals surface area contributed by atoms with Gasteiger partial charge < -0.3 is 15.1 Å². The normalized spacial score (nSPS) is 10.6. The SMILES string of the molecule is CN(Cc1ccc(Br)cc1)c1nnc(CCN)o1. The number of nitrogens with zero attached hydrogens (tertiary/aromatic N) is 3. The molecule has 0 amide bonds. The van der Waals surface area contributed by atoms with Crippen LogP contribution in [-0.2, 0) is 13.0 Å². The Kier molecular flexibility index (Phi) is 4.33. The van der Waals surface area contributed by atoms with E-state index >= 15 is 0 Å². The van der Waals surface area contributed by atoms with Crippen LogP contribution in [0.5, 0.6) is 0 Å². The number of hydrogen-bond acceptors (Lipinski definition) is 5. The third-order valence-electron chi connectivity index (χ3n) is 2.47. The number of benzene rings is 1. The summed E-state index contributed by atoms with van der Waals surface area (Å²) < 4.78 is 6.56. The lowest BCUT2D eigenvalue weighted by Gasteiger charge is -2.13. The minimum absolute atomic E-state index is 0.512. The molecule has 96 valence electrons. The van der Waals surface area contributed by atoms with Crippen molar-refractivity contribution in [2.75, 3.05) is 18.5 Å². The van der Waals surface area contributed by atoms with Crippen molar-refractivity contribution >= 4 is 21.9 Å². The summed E-state index contributed by atoms with van der Waals surface area (Å²) in [4.78, 5) is 1.91. The summed E-state index contributed by atoms with van der Waals surface area (Å²) in [5.74, 6) is 0.579. The van der Waals surface area contributed by atoms with Crippen LogP contribution in [0.25, 0.3) is 0 Å². The van der Waals surface area contributed by atoms with E-state index in [2.05, 4.69) is 38.3 Å². The van der Waals surface area contributed by atoms with Crippen LogP contribution in [0.3, 0.4) is 0 Å². The Hall–Kier alpha value is -1.40. The van der Waals surface area contributed by atoms with E-state index in [1.165, 1.54) is 5.56 Å². The molecule has 2 aromatic rings. The Bertz CT molecular complexity index is 497. The van der Waals surface area contributed by atoms with E-state index in [1.54, 1.807) is 0 Å². The summed E-state index contributed by atoms with van der Waals surface area (Å²) >= 11 is 3.41. The summed E-state index contributed by atoms with van der Waals surface area (Å²) in [7, 11) is 1.92. The molecule has 2 N–H and O–H groups in total. The number of aromatic nitrogens is 2. The first-order chi connectivity index (χ1) is 8.69. The van der Waals surface area contributed by atoms with Gasteiger partial charge in [0, 0.05) is 31.0 Å². The summed E-state index contributed by atoms with van der Waals surface area (Å²) in [6.07, 6.45) is 0.610. The molecule has 0 spiro atoms. The third kappa shape index (κ3) is 3.30. The van der Waals surface area contributed by atoms with Crippen LogP contribution in [0.15, 0.2) is 33.2 Å². The van der Waals surface area contributed by atoms with E-state index in [4.69, 9.17) is 10.2 Å². The molecule has 0 aliphatic carbocycles. The smallest absolute Gasteiger partial charge is 0.318 e. The maximum atomic E-state index is 5.50. The minimum Gasteiger partial charge on any atom is -0.408 e. The van der Waals surface area contributed by atoms with Crippen molar-refractivity contribution < 1.29 is 4.42 Å². The molecule has 1 aromatic heterocycles. The van der Waals surface area contributed by atoms with E-state index in [0.29, 0.717) is 24.9 Å². The fourth-order valence-corrected chi connectivity index (χ4v) is 1.82. The fourth-order valence-electron chi connectivity index (χ4n) is 1.55. The molecule has 0 radical (unpaired) electrons. The number of hydrogen-bond donors (Lipinski definition) is 1. The molecule has 1 aromatic carbocycles. The van der Waals surface area contributed by atoms with Crippen molar-refractivity contribution in [2.45, 2.75) is 13.0 Å². The van der Waals surface area contributed by atoms with Crippen molar-refractivity contribution in [1.29, 1.82) is 0 Å². The van der Waals surface area contributed by atoms with Crippen LogP contribution in [0.4, 0.5) is 6.01 Å². The first kappa shape index (κ1) is 13.0. The first-order valence-corrected chi connectivity index (χ1v) is 6.46. The third-order valence-corrected chi connectivity index (χ3v) is 3.00. The van der Waals surface area contributed by atoms with Crippen molar-refractivity contribution in [3.63, 3.8) is 0 Å². The molecule has 0 aliphatic rings. The average molecular weight is 311 g/mol. The lowest BCUT2D eigenvalue weighted by atomic mass is 10.2. The predicted molar refractivity (Wildman–Crippen MR) is 73.3 cm³/mol. The highest BCUT2D eigenvalue weighted by molar-refractivity contribution is 9.10. The molecule has 0 aliphatic heterocycles. The van der Waals surface area contributed by atoms with Crippen molar-refractivity contribution in [3.8, 4) is 0 Å². The van der Waals surface area contributed by atoms with Gasteiger partial charge in [0.1, 0.15) is 0 Å². The molecule has 0 atom stereocenters. The van der Waals surface area contributed by atoms with Crippen LogP contribution >= 0.6 is 15.9 Å². The standard InChI is InChI=1S/C12H15BrN4O/c1-17(8-9-2-4-10(13)5-3-9)12-16-15-11(18-12)6-7-14/h2-5H,6-8,14H2,1H3. The van der Waals surface area contributed by atoms with E-state index in [9.17, 15) is 0 Å². The topological polar surface area (TPSA) is 68.2 Å².